The smallest absolute Gasteiger partial charge is 0.0400 e. The van der Waals surface area contributed by atoms with E-state index in [9.17, 15) is 0 Å². The molecule has 2 unspecified atom stereocenters. The maximum atomic E-state index is 3.66. The Bertz CT molecular complexity index is 865. The highest BCUT2D eigenvalue weighted by molar-refractivity contribution is 5.70. The lowest BCUT2D eigenvalue weighted by atomic mass is 9.92. The van der Waals surface area contributed by atoms with Gasteiger partial charge in [0.05, 0.1) is 0 Å². The predicted octanol–water partition coefficient (Wildman–Crippen LogP) is 7.18. The van der Waals surface area contributed by atoms with E-state index in [1.807, 2.05) is 0 Å². The van der Waals surface area contributed by atoms with Crippen LogP contribution in [0.1, 0.15) is 74.6 Å². The van der Waals surface area contributed by atoms with E-state index in [0.717, 1.165) is 19.0 Å². The molecule has 1 fully saturated rings. The lowest BCUT2D eigenvalue weighted by Crippen LogP contribution is -2.39. The number of piperidine rings is 1. The number of anilines is 1. The molecule has 1 saturated heterocycles. The van der Waals surface area contributed by atoms with Crippen LogP contribution < -0.4 is 5.32 Å². The van der Waals surface area contributed by atoms with Gasteiger partial charge in [0.2, 0.25) is 0 Å². The van der Waals surface area contributed by atoms with Crippen LogP contribution >= 0.6 is 0 Å². The zero-order valence-corrected chi connectivity index (χ0v) is 19.1. The van der Waals surface area contributed by atoms with Crippen molar-refractivity contribution in [3.8, 4) is 0 Å². The van der Waals surface area contributed by atoms with Crippen LogP contribution in [0, 0.1) is 12.8 Å². The molecule has 0 spiro atoms. The van der Waals surface area contributed by atoms with Crippen molar-refractivity contribution in [3.05, 3.63) is 70.8 Å². The zero-order valence-electron chi connectivity index (χ0n) is 19.1. The van der Waals surface area contributed by atoms with Crippen molar-refractivity contribution in [2.45, 2.75) is 78.4 Å². The first kappa shape index (κ1) is 21.2. The Morgan fingerprint density at radius 3 is 2.53 bits per heavy atom. The predicted molar refractivity (Wildman–Crippen MR) is 130 cm³/mol. The Hall–Kier alpha value is -2.06. The van der Waals surface area contributed by atoms with Crippen molar-refractivity contribution in [2.24, 2.45) is 5.92 Å². The molecule has 1 aliphatic carbocycles. The molecule has 2 aliphatic rings. The van der Waals surface area contributed by atoms with Crippen LogP contribution in [0.5, 0.6) is 0 Å². The highest BCUT2D eigenvalue weighted by atomic mass is 15.2. The molecule has 2 nitrogen and oxygen atoms in total. The van der Waals surface area contributed by atoms with Gasteiger partial charge in [-0.05, 0) is 105 Å². The molecule has 1 aliphatic heterocycles. The highest BCUT2D eigenvalue weighted by Gasteiger charge is 2.22. The van der Waals surface area contributed by atoms with Gasteiger partial charge in [-0.3, -0.25) is 4.90 Å². The number of nitrogens with zero attached hydrogens (tertiary/aromatic N) is 1. The maximum Gasteiger partial charge on any atom is 0.0400 e. The molecule has 0 saturated carbocycles. The third-order valence-electron chi connectivity index (χ3n) is 6.92. The number of nitrogens with one attached hydrogen (secondary N) is 1. The van der Waals surface area contributed by atoms with Gasteiger partial charge in [-0.15, -0.1) is 0 Å². The fourth-order valence-corrected chi connectivity index (χ4v) is 5.06. The van der Waals surface area contributed by atoms with Crippen molar-refractivity contribution in [1.82, 2.24) is 4.90 Å². The zero-order chi connectivity index (χ0) is 20.9. The lowest BCUT2D eigenvalue weighted by molar-refractivity contribution is 0.122. The van der Waals surface area contributed by atoms with E-state index < -0.39 is 0 Å². The topological polar surface area (TPSA) is 15.3 Å². The summed E-state index contributed by atoms with van der Waals surface area (Å²) in [6.45, 7) is 10.2. The van der Waals surface area contributed by atoms with Crippen LogP contribution in [0.3, 0.4) is 0 Å². The number of likely N-dealkylation sites (tertiary alicyclic amines) is 1. The highest BCUT2D eigenvalue weighted by Crippen LogP contribution is 2.29. The number of benzene rings is 2. The van der Waals surface area contributed by atoms with Crippen molar-refractivity contribution in [2.75, 3.05) is 11.9 Å². The van der Waals surface area contributed by atoms with Gasteiger partial charge < -0.3 is 5.32 Å². The third-order valence-corrected chi connectivity index (χ3v) is 6.92. The summed E-state index contributed by atoms with van der Waals surface area (Å²) < 4.78 is 0. The van der Waals surface area contributed by atoms with Gasteiger partial charge >= 0.3 is 0 Å². The summed E-state index contributed by atoms with van der Waals surface area (Å²) in [6.07, 6.45) is 10.2. The number of aryl methyl sites for hydroxylation is 1. The molecule has 0 radical (unpaired) electrons. The van der Waals surface area contributed by atoms with Gasteiger partial charge in [-0.1, -0.05) is 43.3 Å². The molecule has 0 amide bonds. The van der Waals surface area contributed by atoms with Crippen LogP contribution in [-0.4, -0.2) is 17.5 Å². The van der Waals surface area contributed by atoms with Gasteiger partial charge in [0, 0.05) is 24.8 Å². The second kappa shape index (κ2) is 9.83. The normalized spacial score (nSPS) is 22.6. The van der Waals surface area contributed by atoms with E-state index in [1.165, 1.54) is 78.6 Å². The summed E-state index contributed by atoms with van der Waals surface area (Å²) in [5.74, 6) is 0.876. The first-order chi connectivity index (χ1) is 14.6. The Morgan fingerprint density at radius 1 is 1.00 bits per heavy atom. The fourth-order valence-electron chi connectivity index (χ4n) is 5.06. The molecule has 2 heteroatoms. The Kier molecular flexibility index (Phi) is 6.94. The molecule has 4 rings (SSSR count). The van der Waals surface area contributed by atoms with Gasteiger partial charge in [-0.2, -0.15) is 0 Å². The molecule has 1 heterocycles. The molecule has 30 heavy (non-hydrogen) atoms. The molecular weight excluding hydrogens is 364 g/mol. The second-order valence-electron chi connectivity index (χ2n) is 9.68. The van der Waals surface area contributed by atoms with E-state index in [1.54, 1.807) is 0 Å². The number of allylic oxidation sites excluding steroid dienone is 2. The summed E-state index contributed by atoms with van der Waals surface area (Å²) in [5, 5.41) is 3.66. The first-order valence-electron chi connectivity index (χ1n) is 11.9. The van der Waals surface area contributed by atoms with Gasteiger partial charge in [0.15, 0.2) is 0 Å². The second-order valence-corrected chi connectivity index (χ2v) is 9.68. The fraction of sp³-hybridized carbons (Fsp3) is 0.500. The van der Waals surface area contributed by atoms with E-state index in [2.05, 4.69) is 79.5 Å². The molecule has 1 N–H and O–H groups in total. The minimum atomic E-state index is 0.699. The van der Waals surface area contributed by atoms with Crippen molar-refractivity contribution < 1.29 is 0 Å². The van der Waals surface area contributed by atoms with E-state index in [4.69, 9.17) is 0 Å². The summed E-state index contributed by atoms with van der Waals surface area (Å²) in [6, 6.07) is 16.8. The van der Waals surface area contributed by atoms with E-state index in [-0.39, 0.29) is 0 Å². The van der Waals surface area contributed by atoms with Crippen molar-refractivity contribution in [1.29, 1.82) is 0 Å². The van der Waals surface area contributed by atoms with E-state index in [0.29, 0.717) is 6.04 Å². The molecule has 0 aromatic heterocycles. The van der Waals surface area contributed by atoms with Gasteiger partial charge in [0.25, 0.3) is 0 Å². The monoisotopic (exact) mass is 402 g/mol. The van der Waals surface area contributed by atoms with Crippen molar-refractivity contribution >= 4 is 11.3 Å². The Balaban J connectivity index is 1.35. The standard InChI is InChI=1S/C28H38N2/c1-21-13-14-30(23(3)15-21)20-25-11-9-24(10-12-25)19-29-28-17-22(2)16-27(18-28)26-7-5-4-6-8-26/h7,9-12,16-18,21,23,29H,4-6,8,13-15,19-20H2,1-3H3. The molecule has 160 valence electrons. The first-order valence-corrected chi connectivity index (χ1v) is 11.9. The third kappa shape index (κ3) is 5.55. The molecule has 0 bridgehead atoms. The Labute approximate surface area is 183 Å². The van der Waals surface area contributed by atoms with Crippen LogP contribution in [0.4, 0.5) is 5.69 Å². The SMILES string of the molecule is Cc1cc(NCc2ccc(CN3CCC(C)CC3C)cc2)cc(C2=CCCCC2)c1. The Morgan fingerprint density at radius 2 is 1.80 bits per heavy atom. The maximum absolute atomic E-state index is 3.66. The van der Waals surface area contributed by atoms with Gasteiger partial charge in [0.1, 0.15) is 0 Å². The average Bonchev–Trinajstić information content (AvgIpc) is 2.75. The summed E-state index contributed by atoms with van der Waals surface area (Å²) in [5.41, 5.74) is 8.27. The molecule has 2 atom stereocenters. The average molecular weight is 403 g/mol. The molecular formula is C28H38N2. The number of hydrogen-bond donors (Lipinski definition) is 1. The quantitative estimate of drug-likeness (QED) is 0.550. The number of rotatable bonds is 6. The number of hydrogen-bond acceptors (Lipinski definition) is 2. The summed E-state index contributed by atoms with van der Waals surface area (Å²) >= 11 is 0. The van der Waals surface area contributed by atoms with E-state index >= 15 is 0 Å². The van der Waals surface area contributed by atoms with Crippen LogP contribution in [0.25, 0.3) is 5.57 Å². The largest absolute Gasteiger partial charge is 0.381 e. The van der Waals surface area contributed by atoms with Crippen LogP contribution in [-0.2, 0) is 13.1 Å². The van der Waals surface area contributed by atoms with Crippen LogP contribution in [0.15, 0.2) is 48.5 Å². The minimum absolute atomic E-state index is 0.699. The lowest BCUT2D eigenvalue weighted by Gasteiger charge is -2.36. The summed E-state index contributed by atoms with van der Waals surface area (Å²) in [4.78, 5) is 2.64. The van der Waals surface area contributed by atoms with Crippen LogP contribution in [0.2, 0.25) is 0 Å². The summed E-state index contributed by atoms with van der Waals surface area (Å²) in [7, 11) is 0. The van der Waals surface area contributed by atoms with Crippen molar-refractivity contribution in [3.63, 3.8) is 0 Å². The molecule has 2 aromatic carbocycles. The molecule has 2 aromatic rings. The van der Waals surface area contributed by atoms with Gasteiger partial charge in [-0.25, -0.2) is 0 Å². The minimum Gasteiger partial charge on any atom is -0.381 e.